The van der Waals surface area contributed by atoms with E-state index in [9.17, 15) is 9.18 Å². The molecule has 1 N–H and O–H groups in total. The number of anilines is 1. The number of likely N-dealkylation sites (tertiary alicyclic amines) is 1. The van der Waals surface area contributed by atoms with Crippen molar-refractivity contribution in [2.75, 3.05) is 18.4 Å². The summed E-state index contributed by atoms with van der Waals surface area (Å²) < 4.78 is 15.9. The zero-order valence-corrected chi connectivity index (χ0v) is 14.8. The maximum absolute atomic E-state index is 13.7. The lowest BCUT2D eigenvalue weighted by Gasteiger charge is -2.46. The van der Waals surface area contributed by atoms with E-state index < -0.39 is 0 Å². The lowest BCUT2D eigenvalue weighted by Crippen LogP contribution is -2.51. The molecule has 2 aromatic rings. The summed E-state index contributed by atoms with van der Waals surface area (Å²) in [6.45, 7) is 5.61. The van der Waals surface area contributed by atoms with Crippen molar-refractivity contribution in [1.82, 2.24) is 9.47 Å². The zero-order valence-electron chi connectivity index (χ0n) is 14.8. The predicted molar refractivity (Wildman–Crippen MR) is 96.3 cm³/mol. The first-order chi connectivity index (χ1) is 12.0. The van der Waals surface area contributed by atoms with Crippen molar-refractivity contribution in [1.29, 1.82) is 0 Å². The molecule has 1 saturated heterocycles. The van der Waals surface area contributed by atoms with Crippen LogP contribution >= 0.6 is 0 Å². The molecule has 0 unspecified atom stereocenters. The highest BCUT2D eigenvalue weighted by molar-refractivity contribution is 5.76. The molecule has 0 bridgehead atoms. The van der Waals surface area contributed by atoms with Gasteiger partial charge in [-0.3, -0.25) is 4.79 Å². The van der Waals surface area contributed by atoms with Gasteiger partial charge in [0.05, 0.1) is 16.9 Å². The molecule has 1 spiro atoms. The number of piperidine rings is 1. The molecule has 1 amide bonds. The summed E-state index contributed by atoms with van der Waals surface area (Å²) in [4.78, 5) is 14.3. The highest BCUT2D eigenvalue weighted by atomic mass is 19.1. The van der Waals surface area contributed by atoms with Gasteiger partial charge in [-0.15, -0.1) is 0 Å². The Morgan fingerprint density at radius 3 is 2.76 bits per heavy atom. The van der Waals surface area contributed by atoms with Crippen LogP contribution in [0.2, 0.25) is 0 Å². The summed E-state index contributed by atoms with van der Waals surface area (Å²) >= 11 is 0. The van der Waals surface area contributed by atoms with E-state index in [1.54, 1.807) is 6.07 Å². The van der Waals surface area contributed by atoms with Crippen LogP contribution in [0.4, 0.5) is 10.1 Å². The average molecular weight is 341 g/mol. The number of benzene rings is 1. The number of halogens is 1. The van der Waals surface area contributed by atoms with Crippen LogP contribution in [0.5, 0.6) is 0 Å². The third-order valence-corrected chi connectivity index (χ3v) is 5.38. The van der Waals surface area contributed by atoms with Gasteiger partial charge < -0.3 is 14.8 Å². The first-order valence-electron chi connectivity index (χ1n) is 9.02. The van der Waals surface area contributed by atoms with Gasteiger partial charge in [-0.25, -0.2) is 4.39 Å². The first-order valence-corrected chi connectivity index (χ1v) is 9.02. The Balaban J connectivity index is 1.61. The number of rotatable bonds is 2. The SMILES string of the molecule is CC(C)CC(=O)N1CCC2(CC1)Nc1cc(F)ccc1-n1cccc12. The fourth-order valence-electron chi connectivity index (χ4n) is 4.12. The van der Waals surface area contributed by atoms with Gasteiger partial charge in [-0.2, -0.15) is 0 Å². The molecule has 4 nitrogen and oxygen atoms in total. The molecular weight excluding hydrogens is 317 g/mol. The monoisotopic (exact) mass is 341 g/mol. The normalized spacial score (nSPS) is 18.0. The summed E-state index contributed by atoms with van der Waals surface area (Å²) in [5.74, 6) is 0.382. The third-order valence-electron chi connectivity index (χ3n) is 5.38. The minimum Gasteiger partial charge on any atom is -0.372 e. The number of carbonyl (C=O) groups is 1. The summed E-state index contributed by atoms with van der Waals surface area (Å²) in [7, 11) is 0. The number of nitrogens with zero attached hydrogens (tertiary/aromatic N) is 2. The van der Waals surface area contributed by atoms with E-state index in [1.165, 1.54) is 11.8 Å². The molecule has 132 valence electrons. The van der Waals surface area contributed by atoms with Crippen LogP contribution in [0, 0.1) is 11.7 Å². The van der Waals surface area contributed by atoms with Crippen molar-refractivity contribution in [2.45, 2.75) is 38.6 Å². The topological polar surface area (TPSA) is 37.3 Å². The lowest BCUT2D eigenvalue weighted by atomic mass is 9.82. The fraction of sp³-hybridized carbons (Fsp3) is 0.450. The van der Waals surface area contributed by atoms with Gasteiger partial charge in [0.25, 0.3) is 0 Å². The number of carbonyl (C=O) groups excluding carboxylic acids is 1. The highest BCUT2D eigenvalue weighted by Crippen LogP contribution is 2.43. The van der Waals surface area contributed by atoms with Crippen LogP contribution in [0.3, 0.4) is 0 Å². The van der Waals surface area contributed by atoms with Gasteiger partial charge in [-0.05, 0) is 49.1 Å². The van der Waals surface area contributed by atoms with Gasteiger partial charge in [-0.1, -0.05) is 13.8 Å². The molecule has 25 heavy (non-hydrogen) atoms. The fourth-order valence-corrected chi connectivity index (χ4v) is 4.12. The largest absolute Gasteiger partial charge is 0.372 e. The van der Waals surface area contributed by atoms with Crippen molar-refractivity contribution >= 4 is 11.6 Å². The molecule has 2 aliphatic heterocycles. The highest BCUT2D eigenvalue weighted by Gasteiger charge is 2.42. The van der Waals surface area contributed by atoms with Crippen molar-refractivity contribution in [3.63, 3.8) is 0 Å². The number of fused-ring (bicyclic) bond motifs is 4. The summed E-state index contributed by atoms with van der Waals surface area (Å²) in [6.07, 6.45) is 4.30. The van der Waals surface area contributed by atoms with Gasteiger partial charge in [0, 0.05) is 31.4 Å². The molecule has 1 aromatic carbocycles. The Morgan fingerprint density at radius 1 is 1.28 bits per heavy atom. The third kappa shape index (κ3) is 2.71. The second-order valence-corrected chi connectivity index (χ2v) is 7.61. The number of amides is 1. The number of hydrogen-bond donors (Lipinski definition) is 1. The van der Waals surface area contributed by atoms with E-state index in [4.69, 9.17) is 0 Å². The zero-order chi connectivity index (χ0) is 17.6. The first kappa shape index (κ1) is 16.2. The van der Waals surface area contributed by atoms with Gasteiger partial charge >= 0.3 is 0 Å². The minimum atomic E-state index is -0.237. The molecule has 0 atom stereocenters. The molecule has 0 radical (unpaired) electrons. The Hall–Kier alpha value is -2.30. The van der Waals surface area contributed by atoms with Crippen LogP contribution in [-0.2, 0) is 10.3 Å². The Kier molecular flexibility index (Phi) is 3.82. The standard InChI is InChI=1S/C20H24FN3O/c1-14(2)12-19(25)23-10-7-20(8-11-23)18-4-3-9-24(18)17-6-5-15(21)13-16(17)22-20/h3-6,9,13-14,22H,7-8,10-12H2,1-2H3. The molecule has 3 heterocycles. The quantitative estimate of drug-likeness (QED) is 0.899. The molecule has 1 aromatic heterocycles. The van der Waals surface area contributed by atoms with E-state index in [0.717, 1.165) is 37.3 Å². The second kappa shape index (κ2) is 5.90. The molecule has 2 aliphatic rings. The van der Waals surface area contributed by atoms with Crippen molar-refractivity contribution in [3.05, 3.63) is 48.0 Å². The minimum absolute atomic E-state index is 0.235. The van der Waals surface area contributed by atoms with Crippen molar-refractivity contribution < 1.29 is 9.18 Å². The maximum Gasteiger partial charge on any atom is 0.222 e. The molecule has 1 fully saturated rings. The second-order valence-electron chi connectivity index (χ2n) is 7.61. The van der Waals surface area contributed by atoms with E-state index in [-0.39, 0.29) is 17.3 Å². The molecule has 5 heteroatoms. The van der Waals surface area contributed by atoms with Crippen LogP contribution in [0.1, 0.15) is 38.8 Å². The van der Waals surface area contributed by atoms with Crippen molar-refractivity contribution in [2.24, 2.45) is 5.92 Å². The smallest absolute Gasteiger partial charge is 0.222 e. The summed E-state index contributed by atoms with van der Waals surface area (Å²) in [6, 6.07) is 9.04. The van der Waals surface area contributed by atoms with Crippen LogP contribution in [0.25, 0.3) is 5.69 Å². The number of nitrogens with one attached hydrogen (secondary N) is 1. The maximum atomic E-state index is 13.7. The molecule has 0 saturated carbocycles. The number of hydrogen-bond acceptors (Lipinski definition) is 2. The predicted octanol–water partition coefficient (Wildman–Crippen LogP) is 3.91. The van der Waals surface area contributed by atoms with Crippen LogP contribution in [0.15, 0.2) is 36.5 Å². The molecule has 4 rings (SSSR count). The van der Waals surface area contributed by atoms with Gasteiger partial charge in [0.2, 0.25) is 5.91 Å². The lowest BCUT2D eigenvalue weighted by molar-refractivity contribution is -0.133. The average Bonchev–Trinajstić information content (AvgIpc) is 3.05. The Labute approximate surface area is 147 Å². The summed E-state index contributed by atoms with van der Waals surface area (Å²) in [5, 5.41) is 3.60. The summed E-state index contributed by atoms with van der Waals surface area (Å²) in [5.41, 5.74) is 2.76. The van der Waals surface area contributed by atoms with E-state index >= 15 is 0 Å². The van der Waals surface area contributed by atoms with E-state index in [0.29, 0.717) is 12.3 Å². The molecule has 0 aliphatic carbocycles. The Bertz CT molecular complexity index is 803. The van der Waals surface area contributed by atoms with Crippen molar-refractivity contribution in [3.8, 4) is 5.69 Å². The van der Waals surface area contributed by atoms with E-state index in [2.05, 4.69) is 29.8 Å². The van der Waals surface area contributed by atoms with Crippen LogP contribution in [-0.4, -0.2) is 28.5 Å². The number of aromatic nitrogens is 1. The van der Waals surface area contributed by atoms with Gasteiger partial charge in [0.15, 0.2) is 0 Å². The molecular formula is C20H24FN3O. The van der Waals surface area contributed by atoms with Crippen LogP contribution < -0.4 is 5.32 Å². The van der Waals surface area contributed by atoms with Gasteiger partial charge in [0.1, 0.15) is 5.82 Å². The Morgan fingerprint density at radius 2 is 2.04 bits per heavy atom. The van der Waals surface area contributed by atoms with E-state index in [1.807, 2.05) is 23.2 Å².